The molecule has 0 aromatic rings. The number of aliphatic hydroxyl groups excluding tert-OH is 1. The van der Waals surface area contributed by atoms with E-state index in [2.05, 4.69) is 5.32 Å². The maximum absolute atomic E-state index is 8.83. The van der Waals surface area contributed by atoms with Crippen molar-refractivity contribution in [2.45, 2.75) is 31.3 Å². The summed E-state index contributed by atoms with van der Waals surface area (Å²) >= 11 is 0. The lowest BCUT2D eigenvalue weighted by Gasteiger charge is -2.40. The molecule has 2 rings (SSSR count). The minimum atomic E-state index is 0.338. The number of aliphatic hydroxyl groups is 1. The molecule has 2 aliphatic heterocycles. The van der Waals surface area contributed by atoms with Crippen molar-refractivity contribution in [1.82, 2.24) is 5.32 Å². The van der Waals surface area contributed by atoms with E-state index in [1.807, 2.05) is 0 Å². The van der Waals surface area contributed by atoms with Crippen LogP contribution in [-0.2, 0) is 4.74 Å². The van der Waals surface area contributed by atoms with Crippen LogP contribution in [0.5, 0.6) is 0 Å². The first-order chi connectivity index (χ1) is 5.88. The molecule has 0 spiro atoms. The second kappa shape index (κ2) is 3.73. The van der Waals surface area contributed by atoms with E-state index in [9.17, 15) is 0 Å². The topological polar surface area (TPSA) is 41.5 Å². The van der Waals surface area contributed by atoms with E-state index < -0.39 is 0 Å². The molecule has 0 radical (unpaired) electrons. The van der Waals surface area contributed by atoms with Gasteiger partial charge < -0.3 is 15.2 Å². The number of fused-ring (bicyclic) bond motifs is 2. The lowest BCUT2D eigenvalue weighted by molar-refractivity contribution is 0.00459. The first-order valence-electron chi connectivity index (χ1n) is 4.83. The summed E-state index contributed by atoms with van der Waals surface area (Å²) < 4.78 is 5.44. The molecule has 2 N–H and O–H groups in total. The monoisotopic (exact) mass is 171 g/mol. The molecular weight excluding hydrogens is 154 g/mol. The lowest BCUT2D eigenvalue weighted by Crippen LogP contribution is -2.54. The molecular formula is C9H17NO2. The first-order valence-corrected chi connectivity index (χ1v) is 4.83. The smallest absolute Gasteiger partial charge is 0.0620 e. The summed E-state index contributed by atoms with van der Waals surface area (Å²) in [6.07, 6.45) is 3.32. The van der Waals surface area contributed by atoms with Crippen molar-refractivity contribution in [1.29, 1.82) is 0 Å². The summed E-state index contributed by atoms with van der Waals surface area (Å²) in [4.78, 5) is 0. The van der Waals surface area contributed by atoms with Gasteiger partial charge in [0.2, 0.25) is 0 Å². The summed E-state index contributed by atoms with van der Waals surface area (Å²) in [6.45, 7) is 2.06. The number of rotatable bonds is 2. The van der Waals surface area contributed by atoms with Gasteiger partial charge in [-0.25, -0.2) is 0 Å². The molecule has 0 saturated carbocycles. The molecule has 2 bridgehead atoms. The zero-order chi connectivity index (χ0) is 8.39. The predicted octanol–water partition coefficient (Wildman–Crippen LogP) is 0.136. The number of morpholine rings is 1. The van der Waals surface area contributed by atoms with Crippen molar-refractivity contribution in [2.75, 3.05) is 19.8 Å². The van der Waals surface area contributed by atoms with Crippen LogP contribution in [0.2, 0.25) is 0 Å². The van der Waals surface area contributed by atoms with Gasteiger partial charge in [-0.1, -0.05) is 0 Å². The highest BCUT2D eigenvalue weighted by molar-refractivity contribution is 4.88. The Balaban J connectivity index is 1.87. The zero-order valence-electron chi connectivity index (χ0n) is 7.33. The van der Waals surface area contributed by atoms with Crippen molar-refractivity contribution >= 4 is 0 Å². The molecule has 0 aromatic heterocycles. The molecule has 3 nitrogen and oxygen atoms in total. The molecule has 0 aliphatic carbocycles. The van der Waals surface area contributed by atoms with Crippen LogP contribution < -0.4 is 5.32 Å². The quantitative estimate of drug-likeness (QED) is 0.621. The first kappa shape index (κ1) is 8.48. The van der Waals surface area contributed by atoms with Gasteiger partial charge in [0.15, 0.2) is 0 Å². The van der Waals surface area contributed by atoms with Crippen LogP contribution >= 0.6 is 0 Å². The summed E-state index contributed by atoms with van der Waals surface area (Å²) in [7, 11) is 0. The summed E-state index contributed by atoms with van der Waals surface area (Å²) in [6, 6.07) is 1.10. The third kappa shape index (κ3) is 1.79. The molecule has 2 fully saturated rings. The van der Waals surface area contributed by atoms with Crippen LogP contribution in [0.3, 0.4) is 0 Å². The summed E-state index contributed by atoms with van der Waals surface area (Å²) in [5, 5.41) is 12.4. The van der Waals surface area contributed by atoms with Gasteiger partial charge in [-0.15, -0.1) is 0 Å². The Morgan fingerprint density at radius 3 is 2.50 bits per heavy atom. The fraction of sp³-hybridized carbons (Fsp3) is 1.00. The molecule has 2 unspecified atom stereocenters. The Hall–Kier alpha value is -0.120. The average Bonchev–Trinajstić information content (AvgIpc) is 2.04. The predicted molar refractivity (Wildman–Crippen MR) is 46.0 cm³/mol. The van der Waals surface area contributed by atoms with Crippen LogP contribution in [0.4, 0.5) is 0 Å². The van der Waals surface area contributed by atoms with Gasteiger partial charge in [-0.3, -0.25) is 0 Å². The molecule has 2 saturated heterocycles. The lowest BCUT2D eigenvalue weighted by atomic mass is 9.85. The Labute approximate surface area is 73.1 Å². The number of hydrogen-bond acceptors (Lipinski definition) is 3. The zero-order valence-corrected chi connectivity index (χ0v) is 7.33. The van der Waals surface area contributed by atoms with Crippen molar-refractivity contribution in [3.63, 3.8) is 0 Å². The Kier molecular flexibility index (Phi) is 2.63. The van der Waals surface area contributed by atoms with Gasteiger partial charge >= 0.3 is 0 Å². The third-order valence-electron chi connectivity index (χ3n) is 2.88. The maximum atomic E-state index is 8.83. The number of piperidine rings is 1. The Morgan fingerprint density at radius 2 is 1.92 bits per heavy atom. The maximum Gasteiger partial charge on any atom is 0.0620 e. The summed E-state index contributed by atoms with van der Waals surface area (Å²) in [5.41, 5.74) is 0. The molecule has 2 heterocycles. The van der Waals surface area contributed by atoms with E-state index in [4.69, 9.17) is 9.84 Å². The van der Waals surface area contributed by atoms with Gasteiger partial charge in [0, 0.05) is 18.7 Å². The van der Waals surface area contributed by atoms with E-state index in [1.165, 1.54) is 12.8 Å². The van der Waals surface area contributed by atoms with E-state index in [0.29, 0.717) is 18.7 Å². The van der Waals surface area contributed by atoms with Crippen LogP contribution in [0.15, 0.2) is 0 Å². The van der Waals surface area contributed by atoms with Gasteiger partial charge in [-0.05, 0) is 25.2 Å². The minimum Gasteiger partial charge on any atom is -0.396 e. The Bertz CT molecular complexity index is 139. The van der Waals surface area contributed by atoms with Crippen molar-refractivity contribution in [3.05, 3.63) is 0 Å². The van der Waals surface area contributed by atoms with E-state index in [-0.39, 0.29) is 0 Å². The minimum absolute atomic E-state index is 0.338. The van der Waals surface area contributed by atoms with E-state index >= 15 is 0 Å². The largest absolute Gasteiger partial charge is 0.396 e. The fourth-order valence-electron chi connectivity index (χ4n) is 2.37. The van der Waals surface area contributed by atoms with E-state index in [1.54, 1.807) is 0 Å². The second-order valence-electron chi connectivity index (χ2n) is 3.95. The number of nitrogens with one attached hydrogen (secondary N) is 1. The molecule has 2 aliphatic rings. The third-order valence-corrected chi connectivity index (χ3v) is 2.88. The highest BCUT2D eigenvalue weighted by Crippen LogP contribution is 2.25. The summed E-state index contributed by atoms with van der Waals surface area (Å²) in [5.74, 6) is 0.718. The van der Waals surface area contributed by atoms with Crippen molar-refractivity contribution < 1.29 is 9.84 Å². The van der Waals surface area contributed by atoms with Crippen molar-refractivity contribution in [3.8, 4) is 0 Å². The van der Waals surface area contributed by atoms with Crippen LogP contribution in [0.1, 0.15) is 19.3 Å². The molecule has 12 heavy (non-hydrogen) atoms. The number of hydrogen-bond donors (Lipinski definition) is 2. The highest BCUT2D eigenvalue weighted by atomic mass is 16.5. The second-order valence-corrected chi connectivity index (χ2v) is 3.95. The normalized spacial score (nSPS) is 41.2. The highest BCUT2D eigenvalue weighted by Gasteiger charge is 2.31. The van der Waals surface area contributed by atoms with Crippen LogP contribution in [0, 0.1) is 5.92 Å². The van der Waals surface area contributed by atoms with E-state index in [0.717, 1.165) is 25.6 Å². The molecule has 0 amide bonds. The average molecular weight is 171 g/mol. The Morgan fingerprint density at radius 1 is 1.25 bits per heavy atom. The molecule has 0 aromatic carbocycles. The van der Waals surface area contributed by atoms with Gasteiger partial charge in [0.1, 0.15) is 0 Å². The van der Waals surface area contributed by atoms with Crippen molar-refractivity contribution in [2.24, 2.45) is 5.92 Å². The SMILES string of the molecule is OCCC1CC2COCC(C1)N2. The van der Waals surface area contributed by atoms with Gasteiger partial charge in [0.25, 0.3) is 0 Å². The van der Waals surface area contributed by atoms with Crippen LogP contribution in [-0.4, -0.2) is 37.0 Å². The molecule has 70 valence electrons. The molecule has 2 atom stereocenters. The van der Waals surface area contributed by atoms with Gasteiger partial charge in [0.05, 0.1) is 13.2 Å². The molecule has 3 heteroatoms. The van der Waals surface area contributed by atoms with Crippen LogP contribution in [0.25, 0.3) is 0 Å². The number of ether oxygens (including phenoxy) is 1. The standard InChI is InChI=1S/C9H17NO2/c11-2-1-7-3-8-5-12-6-9(4-7)10-8/h7-11H,1-6H2. The fourth-order valence-corrected chi connectivity index (χ4v) is 2.37. The van der Waals surface area contributed by atoms with Gasteiger partial charge in [-0.2, -0.15) is 0 Å².